The highest BCUT2D eigenvalue weighted by Gasteiger charge is 2.46. The van der Waals surface area contributed by atoms with Crippen LogP contribution in [-0.4, -0.2) is 28.9 Å². The first-order valence-electron chi connectivity index (χ1n) is 5.80. The molecule has 4 nitrogen and oxygen atoms in total. The number of nitrogens with zero attached hydrogens (tertiary/aromatic N) is 1. The van der Waals surface area contributed by atoms with Crippen molar-refractivity contribution < 1.29 is 13.2 Å². The van der Waals surface area contributed by atoms with Gasteiger partial charge < -0.3 is 4.84 Å². The largest absolute Gasteiger partial charge is 0.399 e. The maximum absolute atomic E-state index is 11.3. The summed E-state index contributed by atoms with van der Waals surface area (Å²) in [5.41, 5.74) is 0.540. The maximum atomic E-state index is 11.3. The average molecular weight is 245 g/mol. The van der Waals surface area contributed by atoms with Crippen LogP contribution in [0.3, 0.4) is 0 Å². The highest BCUT2D eigenvalue weighted by atomic mass is 32.2. The van der Waals surface area contributed by atoms with Crippen molar-refractivity contribution in [3.05, 3.63) is 0 Å². The minimum absolute atomic E-state index is 0.406. The molecule has 2 fully saturated rings. The summed E-state index contributed by atoms with van der Waals surface area (Å²) in [6.07, 6.45) is 7.92. The van der Waals surface area contributed by atoms with Gasteiger partial charge in [0, 0.05) is 6.26 Å². The van der Waals surface area contributed by atoms with Gasteiger partial charge in [0.2, 0.25) is 0 Å². The second-order valence-electron chi connectivity index (χ2n) is 4.70. The second kappa shape index (κ2) is 4.84. The lowest BCUT2D eigenvalue weighted by atomic mass is 9.68. The van der Waals surface area contributed by atoms with Crippen molar-refractivity contribution in [3.8, 4) is 0 Å². The zero-order valence-corrected chi connectivity index (χ0v) is 10.7. The molecule has 2 saturated carbocycles. The van der Waals surface area contributed by atoms with E-state index in [-0.39, 0.29) is 0 Å². The van der Waals surface area contributed by atoms with Crippen LogP contribution in [0.2, 0.25) is 0 Å². The van der Waals surface area contributed by atoms with Crippen LogP contribution in [0.25, 0.3) is 0 Å². The van der Waals surface area contributed by atoms with E-state index in [1.165, 1.54) is 6.42 Å². The summed E-state index contributed by atoms with van der Waals surface area (Å²) < 4.78 is 17.0. The number of hydrogen-bond acceptors (Lipinski definition) is 4. The zero-order valence-electron chi connectivity index (χ0n) is 9.90. The minimum atomic E-state index is -1.24. The van der Waals surface area contributed by atoms with E-state index < -0.39 is 16.7 Å². The van der Waals surface area contributed by atoms with Crippen molar-refractivity contribution in [2.45, 2.75) is 44.1 Å². The fraction of sp³-hybridized carbons (Fsp3) is 0.909. The Morgan fingerprint density at radius 2 is 2.31 bits per heavy atom. The Balaban J connectivity index is 2.24. The molecule has 3 atom stereocenters. The van der Waals surface area contributed by atoms with Crippen LogP contribution in [-0.2, 0) is 20.1 Å². The van der Waals surface area contributed by atoms with E-state index in [4.69, 9.17) is 9.02 Å². The lowest BCUT2D eigenvalue weighted by molar-refractivity contribution is 0.0609. The molecular weight excluding hydrogens is 226 g/mol. The molecular formula is C11H19NO3S. The van der Waals surface area contributed by atoms with E-state index >= 15 is 0 Å². The molecule has 92 valence electrons. The van der Waals surface area contributed by atoms with Gasteiger partial charge in [-0.15, -0.1) is 0 Å². The first kappa shape index (κ1) is 12.0. The molecule has 0 saturated heterocycles. The van der Waals surface area contributed by atoms with Gasteiger partial charge in [-0.05, 0) is 38.0 Å². The van der Waals surface area contributed by atoms with Crippen LogP contribution >= 0.6 is 0 Å². The summed E-state index contributed by atoms with van der Waals surface area (Å²) in [4.78, 5) is 4.89. The topological polar surface area (TPSA) is 47.9 Å². The van der Waals surface area contributed by atoms with E-state index in [0.717, 1.165) is 37.8 Å². The Morgan fingerprint density at radius 3 is 3.00 bits per heavy atom. The highest BCUT2D eigenvalue weighted by molar-refractivity contribution is 7.79. The monoisotopic (exact) mass is 245 g/mol. The Kier molecular flexibility index (Phi) is 3.64. The van der Waals surface area contributed by atoms with Crippen LogP contribution in [0.15, 0.2) is 5.16 Å². The highest BCUT2D eigenvalue weighted by Crippen LogP contribution is 2.44. The first-order valence-corrected chi connectivity index (χ1v) is 7.28. The van der Waals surface area contributed by atoms with Gasteiger partial charge in [-0.1, -0.05) is 11.6 Å². The fourth-order valence-electron chi connectivity index (χ4n) is 3.01. The third-order valence-corrected chi connectivity index (χ3v) is 4.16. The van der Waals surface area contributed by atoms with Gasteiger partial charge in [-0.2, -0.15) is 0 Å². The molecule has 0 radical (unpaired) electrons. The van der Waals surface area contributed by atoms with Crippen molar-refractivity contribution in [2.75, 3.05) is 13.4 Å². The average Bonchev–Trinajstić information content (AvgIpc) is 2.22. The minimum Gasteiger partial charge on any atom is -0.399 e. The third-order valence-electron chi connectivity index (χ3n) is 3.61. The van der Waals surface area contributed by atoms with E-state index in [1.54, 1.807) is 13.4 Å². The number of fused-ring (bicyclic) bond motifs is 2. The summed E-state index contributed by atoms with van der Waals surface area (Å²) >= 11 is -1.24. The van der Waals surface area contributed by atoms with Crippen molar-refractivity contribution in [3.63, 3.8) is 0 Å². The number of hydrogen-bond donors (Lipinski definition) is 0. The quantitative estimate of drug-likeness (QED) is 0.715. The number of oxime groups is 1. The maximum Gasteiger partial charge on any atom is 0.153 e. The SMILES string of the molecule is CO/N=C1\CC[C@H]2CCC[C@]1(OS(C)=O)C2. The Bertz CT molecular complexity index is 318. The smallest absolute Gasteiger partial charge is 0.153 e. The second-order valence-corrected chi connectivity index (χ2v) is 5.67. The molecule has 2 aliphatic rings. The van der Waals surface area contributed by atoms with Gasteiger partial charge >= 0.3 is 0 Å². The zero-order chi connectivity index (χ0) is 11.6. The Labute approximate surface area is 99.0 Å². The molecule has 1 unspecified atom stereocenters. The van der Waals surface area contributed by atoms with Gasteiger partial charge in [-0.25, -0.2) is 4.21 Å². The van der Waals surface area contributed by atoms with Crippen LogP contribution in [0.5, 0.6) is 0 Å². The van der Waals surface area contributed by atoms with Crippen LogP contribution < -0.4 is 0 Å². The predicted octanol–water partition coefficient (Wildman–Crippen LogP) is 2.02. The van der Waals surface area contributed by atoms with Gasteiger partial charge in [0.1, 0.15) is 12.7 Å². The molecule has 5 heteroatoms. The molecule has 0 aromatic rings. The van der Waals surface area contributed by atoms with Crippen molar-refractivity contribution in [1.29, 1.82) is 0 Å². The van der Waals surface area contributed by atoms with Gasteiger partial charge in [0.05, 0.1) is 5.71 Å². The Morgan fingerprint density at radius 1 is 1.50 bits per heavy atom. The van der Waals surface area contributed by atoms with Crippen molar-refractivity contribution in [2.24, 2.45) is 11.1 Å². The molecule has 16 heavy (non-hydrogen) atoms. The standard InChI is InChI=1S/C11H19NO3S/c1-14-12-10-6-5-9-4-3-7-11(10,8-9)15-16(2)13/h9H,3-8H2,1-2H3/b12-10+/t9-,11+,16?/m1/s1. The van der Waals surface area contributed by atoms with Crippen LogP contribution in [0, 0.1) is 5.92 Å². The number of rotatable bonds is 3. The molecule has 0 amide bonds. The summed E-state index contributed by atoms with van der Waals surface area (Å²) in [6.45, 7) is 0. The summed E-state index contributed by atoms with van der Waals surface area (Å²) in [5, 5.41) is 4.09. The van der Waals surface area contributed by atoms with E-state index in [9.17, 15) is 4.21 Å². The van der Waals surface area contributed by atoms with Crippen molar-refractivity contribution >= 4 is 16.8 Å². The van der Waals surface area contributed by atoms with E-state index in [1.807, 2.05) is 0 Å². The fourth-order valence-corrected chi connectivity index (χ4v) is 3.71. The molecule has 0 spiro atoms. The van der Waals surface area contributed by atoms with Crippen LogP contribution in [0.4, 0.5) is 0 Å². The lowest BCUT2D eigenvalue weighted by Gasteiger charge is -2.44. The molecule has 2 aliphatic carbocycles. The summed E-state index contributed by atoms with van der Waals surface area (Å²) in [6, 6.07) is 0. The summed E-state index contributed by atoms with van der Waals surface area (Å²) in [5.74, 6) is 0.702. The molecule has 0 aliphatic heterocycles. The lowest BCUT2D eigenvalue weighted by Crippen LogP contribution is -2.49. The predicted molar refractivity (Wildman–Crippen MR) is 63.5 cm³/mol. The van der Waals surface area contributed by atoms with Gasteiger partial charge in [0.25, 0.3) is 0 Å². The van der Waals surface area contributed by atoms with Crippen LogP contribution in [0.1, 0.15) is 38.5 Å². The molecule has 2 rings (SSSR count). The molecule has 0 aromatic heterocycles. The van der Waals surface area contributed by atoms with Gasteiger partial charge in [-0.3, -0.25) is 4.18 Å². The summed E-state index contributed by atoms with van der Waals surface area (Å²) in [7, 11) is 1.55. The third kappa shape index (κ3) is 2.30. The molecule has 2 bridgehead atoms. The first-order chi connectivity index (χ1) is 7.66. The normalized spacial score (nSPS) is 38.4. The van der Waals surface area contributed by atoms with E-state index in [2.05, 4.69) is 5.16 Å². The molecule has 0 N–H and O–H groups in total. The van der Waals surface area contributed by atoms with E-state index in [0.29, 0.717) is 5.92 Å². The molecule has 0 aromatic carbocycles. The molecule has 0 heterocycles. The Hall–Kier alpha value is -0.420. The van der Waals surface area contributed by atoms with Crippen molar-refractivity contribution in [1.82, 2.24) is 0 Å². The van der Waals surface area contributed by atoms with Gasteiger partial charge in [0.15, 0.2) is 11.1 Å².